The maximum absolute atomic E-state index is 13.1. The molecule has 1 saturated heterocycles. The third-order valence-corrected chi connectivity index (χ3v) is 6.27. The summed E-state index contributed by atoms with van der Waals surface area (Å²) in [5, 5.41) is 8.21. The summed E-state index contributed by atoms with van der Waals surface area (Å²) in [6.45, 7) is 5.88. The lowest BCUT2D eigenvalue weighted by Crippen LogP contribution is -2.55. The predicted octanol–water partition coefficient (Wildman–Crippen LogP) is 1.88. The molecule has 1 aromatic carbocycles. The molecule has 5 atom stereocenters. The second-order valence-electron chi connectivity index (χ2n) is 9.16. The van der Waals surface area contributed by atoms with Crippen molar-refractivity contribution in [1.29, 1.82) is 0 Å². The van der Waals surface area contributed by atoms with E-state index in [2.05, 4.69) is 16.0 Å². The second kappa shape index (κ2) is 14.5. The van der Waals surface area contributed by atoms with E-state index in [0.717, 1.165) is 12.0 Å². The van der Waals surface area contributed by atoms with Crippen molar-refractivity contribution in [2.75, 3.05) is 13.7 Å². The maximum Gasteiger partial charge on any atom is 0.329 e. The Kier molecular flexibility index (Phi) is 11.7. The van der Waals surface area contributed by atoms with Gasteiger partial charge in [-0.05, 0) is 37.7 Å². The van der Waals surface area contributed by atoms with Crippen LogP contribution < -0.4 is 16.0 Å². The molecule has 0 radical (unpaired) electrons. The first-order valence-electron chi connectivity index (χ1n) is 12.4. The van der Waals surface area contributed by atoms with Crippen LogP contribution >= 0.6 is 0 Å². The molecule has 194 valence electrons. The summed E-state index contributed by atoms with van der Waals surface area (Å²) in [5.41, 5.74) is 0.869. The highest BCUT2D eigenvalue weighted by Gasteiger charge is 2.33. The lowest BCUT2D eigenvalue weighted by molar-refractivity contribution is -0.156. The van der Waals surface area contributed by atoms with Gasteiger partial charge in [0.15, 0.2) is 0 Å². The fraction of sp³-hybridized carbons (Fsp3) is 0.615. The number of amides is 3. The quantitative estimate of drug-likeness (QED) is 0.360. The van der Waals surface area contributed by atoms with Crippen LogP contribution in [-0.4, -0.2) is 61.6 Å². The molecule has 35 heavy (non-hydrogen) atoms. The van der Waals surface area contributed by atoms with Gasteiger partial charge in [-0.25, -0.2) is 4.79 Å². The van der Waals surface area contributed by atoms with Crippen molar-refractivity contribution in [2.45, 2.75) is 83.5 Å². The molecule has 3 N–H and O–H groups in total. The molecule has 0 bridgehead atoms. The number of methoxy groups -OCH3 is 1. The largest absolute Gasteiger partial charge is 0.460 e. The maximum atomic E-state index is 13.1. The van der Waals surface area contributed by atoms with Crippen molar-refractivity contribution >= 4 is 23.7 Å². The molecule has 1 fully saturated rings. The zero-order valence-corrected chi connectivity index (χ0v) is 21.2. The van der Waals surface area contributed by atoms with Gasteiger partial charge in [0.1, 0.15) is 24.2 Å². The third kappa shape index (κ3) is 9.32. The molecule has 1 heterocycles. The van der Waals surface area contributed by atoms with Gasteiger partial charge >= 0.3 is 5.97 Å². The average molecular weight is 490 g/mol. The van der Waals surface area contributed by atoms with Crippen LogP contribution in [0, 0.1) is 5.92 Å². The van der Waals surface area contributed by atoms with Gasteiger partial charge < -0.3 is 25.4 Å². The van der Waals surface area contributed by atoms with Gasteiger partial charge in [0.05, 0.1) is 6.42 Å². The van der Waals surface area contributed by atoms with E-state index in [9.17, 15) is 19.2 Å². The Morgan fingerprint density at radius 2 is 1.74 bits per heavy atom. The van der Waals surface area contributed by atoms with Crippen molar-refractivity contribution in [3.63, 3.8) is 0 Å². The van der Waals surface area contributed by atoms with Crippen LogP contribution in [0.25, 0.3) is 0 Å². The van der Waals surface area contributed by atoms with Crippen molar-refractivity contribution in [3.05, 3.63) is 35.9 Å². The van der Waals surface area contributed by atoms with E-state index in [1.54, 1.807) is 14.0 Å². The summed E-state index contributed by atoms with van der Waals surface area (Å²) in [6.07, 6.45) is 2.07. The van der Waals surface area contributed by atoms with E-state index in [1.165, 1.54) is 0 Å². The standard InChI is InChI=1S/C26H39N3O6/c1-5-17(2)23-26(33)35-20(13-9-10-14-34-4)16-22(30)28-21(15-19-11-7-6-8-12-19)25(32)27-18(3)24(31)29-23/h6-8,11-12,17-18,20-21,23H,5,9-10,13-16H2,1-4H3,(H,27,32)(H,28,30)(H,29,31)/t17-,18+,20-,21+,23+/m1/s1. The smallest absolute Gasteiger partial charge is 0.329 e. The second-order valence-corrected chi connectivity index (χ2v) is 9.16. The monoisotopic (exact) mass is 489 g/mol. The normalized spacial score (nSPS) is 25.1. The molecule has 1 aromatic rings. The number of hydrogen-bond donors (Lipinski definition) is 3. The SMILES string of the molecule is CC[C@@H](C)[C@@H]1NC(=O)[C@H](C)NC(=O)[C@H](Cc2ccccc2)NC(=O)C[C@@H](CCCCOC)OC1=O. The predicted molar refractivity (Wildman–Crippen MR) is 131 cm³/mol. The number of carbonyl (C=O) groups is 4. The molecule has 2 rings (SSSR count). The zero-order chi connectivity index (χ0) is 25.8. The molecule has 9 heteroatoms. The molecule has 0 aromatic heterocycles. The van der Waals surface area contributed by atoms with Gasteiger partial charge in [0, 0.05) is 20.1 Å². The summed E-state index contributed by atoms with van der Waals surface area (Å²) in [6, 6.07) is 6.66. The number of unbranched alkanes of at least 4 members (excludes halogenated alkanes) is 1. The summed E-state index contributed by atoms with van der Waals surface area (Å²) >= 11 is 0. The van der Waals surface area contributed by atoms with Crippen molar-refractivity contribution < 1.29 is 28.7 Å². The van der Waals surface area contributed by atoms with E-state index in [-0.39, 0.29) is 18.8 Å². The number of carbonyl (C=O) groups excluding carboxylic acids is 4. The molecular formula is C26H39N3O6. The van der Waals surface area contributed by atoms with Crippen LogP contribution in [-0.2, 0) is 35.1 Å². The Morgan fingerprint density at radius 1 is 1.03 bits per heavy atom. The minimum atomic E-state index is -0.900. The van der Waals surface area contributed by atoms with Gasteiger partial charge in [-0.2, -0.15) is 0 Å². The van der Waals surface area contributed by atoms with Crippen molar-refractivity contribution in [2.24, 2.45) is 5.92 Å². The van der Waals surface area contributed by atoms with Crippen molar-refractivity contribution in [1.82, 2.24) is 16.0 Å². The van der Waals surface area contributed by atoms with E-state index in [4.69, 9.17) is 9.47 Å². The van der Waals surface area contributed by atoms with Crippen molar-refractivity contribution in [3.8, 4) is 0 Å². The summed E-state index contributed by atoms with van der Waals surface area (Å²) < 4.78 is 10.8. The highest BCUT2D eigenvalue weighted by atomic mass is 16.5. The number of nitrogens with one attached hydrogen (secondary N) is 3. The average Bonchev–Trinajstić information content (AvgIpc) is 2.84. The fourth-order valence-corrected chi connectivity index (χ4v) is 3.90. The van der Waals surface area contributed by atoms with Gasteiger partial charge in [-0.15, -0.1) is 0 Å². The number of benzene rings is 1. The highest BCUT2D eigenvalue weighted by Crippen LogP contribution is 2.16. The Bertz CT molecular complexity index is 847. The minimum Gasteiger partial charge on any atom is -0.460 e. The Labute approximate surface area is 207 Å². The minimum absolute atomic E-state index is 0.0754. The fourth-order valence-electron chi connectivity index (χ4n) is 3.90. The topological polar surface area (TPSA) is 123 Å². The molecule has 1 aliphatic rings. The molecule has 1 aliphatic heterocycles. The third-order valence-electron chi connectivity index (χ3n) is 6.27. The van der Waals surface area contributed by atoms with E-state index in [1.807, 2.05) is 44.2 Å². The van der Waals surface area contributed by atoms with Gasteiger partial charge in [-0.1, -0.05) is 50.6 Å². The van der Waals surface area contributed by atoms with Gasteiger partial charge in [0.2, 0.25) is 17.7 Å². The van der Waals surface area contributed by atoms with Crippen LogP contribution in [0.4, 0.5) is 0 Å². The number of hydrogen-bond acceptors (Lipinski definition) is 6. The van der Waals surface area contributed by atoms with E-state index in [0.29, 0.717) is 25.9 Å². The summed E-state index contributed by atoms with van der Waals surface area (Å²) in [7, 11) is 1.62. The Hall–Kier alpha value is -2.94. The Morgan fingerprint density at radius 3 is 2.40 bits per heavy atom. The zero-order valence-electron chi connectivity index (χ0n) is 21.2. The van der Waals surface area contributed by atoms with Crippen LogP contribution in [0.3, 0.4) is 0 Å². The van der Waals surface area contributed by atoms with Crippen LogP contribution in [0.1, 0.15) is 58.4 Å². The summed E-state index contributed by atoms with van der Waals surface area (Å²) in [5.74, 6) is -2.10. The molecular weight excluding hydrogens is 450 g/mol. The number of cyclic esters (lactones) is 1. The number of rotatable bonds is 9. The van der Waals surface area contributed by atoms with Crippen LogP contribution in [0.15, 0.2) is 30.3 Å². The molecule has 3 amide bonds. The first-order valence-corrected chi connectivity index (χ1v) is 12.4. The highest BCUT2D eigenvalue weighted by molar-refractivity contribution is 5.94. The molecule has 0 spiro atoms. The Balaban J connectivity index is 2.30. The molecule has 0 aliphatic carbocycles. The summed E-state index contributed by atoms with van der Waals surface area (Å²) in [4.78, 5) is 52.0. The van der Waals surface area contributed by atoms with Gasteiger partial charge in [-0.3, -0.25) is 14.4 Å². The molecule has 0 unspecified atom stereocenters. The van der Waals surface area contributed by atoms with E-state index >= 15 is 0 Å². The van der Waals surface area contributed by atoms with E-state index < -0.39 is 47.9 Å². The first kappa shape index (κ1) is 28.3. The van der Waals surface area contributed by atoms with Crippen LogP contribution in [0.2, 0.25) is 0 Å². The molecule has 0 saturated carbocycles. The van der Waals surface area contributed by atoms with Gasteiger partial charge in [0.25, 0.3) is 0 Å². The lowest BCUT2D eigenvalue weighted by atomic mass is 9.98. The lowest BCUT2D eigenvalue weighted by Gasteiger charge is -2.26. The number of esters is 1. The van der Waals surface area contributed by atoms with Crippen LogP contribution in [0.5, 0.6) is 0 Å². The first-order chi connectivity index (χ1) is 16.7. The molecule has 9 nitrogen and oxygen atoms in total. The number of ether oxygens (including phenoxy) is 2.